The van der Waals surface area contributed by atoms with Crippen LogP contribution in [0.3, 0.4) is 0 Å². The number of ether oxygens (including phenoxy) is 1. The zero-order valence-electron chi connectivity index (χ0n) is 11.7. The molecule has 2 rings (SSSR count). The van der Waals surface area contributed by atoms with Gasteiger partial charge < -0.3 is 10.1 Å². The van der Waals surface area contributed by atoms with Crippen molar-refractivity contribution in [1.29, 1.82) is 0 Å². The van der Waals surface area contributed by atoms with E-state index in [2.05, 4.69) is 17.1 Å². The van der Waals surface area contributed by atoms with Crippen molar-refractivity contribution in [3.05, 3.63) is 24.3 Å². The van der Waals surface area contributed by atoms with Gasteiger partial charge in [0.25, 0.3) is 0 Å². The van der Waals surface area contributed by atoms with Gasteiger partial charge in [-0.2, -0.15) is 0 Å². The highest BCUT2D eigenvalue weighted by Gasteiger charge is 2.20. The van der Waals surface area contributed by atoms with Gasteiger partial charge in [-0.25, -0.2) is 0 Å². The van der Waals surface area contributed by atoms with Crippen molar-refractivity contribution < 1.29 is 9.53 Å². The van der Waals surface area contributed by atoms with E-state index in [1.165, 1.54) is 19.3 Å². The smallest absolute Gasteiger partial charge is 0.238 e. The largest absolute Gasteiger partial charge is 0.497 e. The average molecular weight is 262 g/mol. The van der Waals surface area contributed by atoms with E-state index in [-0.39, 0.29) is 5.91 Å². The fraction of sp³-hybridized carbons (Fsp3) is 0.533. The first kappa shape index (κ1) is 13.9. The number of hydrogen-bond donors (Lipinski definition) is 1. The second kappa shape index (κ2) is 6.57. The molecule has 1 aromatic rings. The molecular formula is C15H22N2O2. The average Bonchev–Trinajstić information content (AvgIpc) is 2.41. The van der Waals surface area contributed by atoms with Gasteiger partial charge in [0.1, 0.15) is 5.75 Å². The zero-order valence-corrected chi connectivity index (χ0v) is 11.7. The number of carbonyl (C=O) groups is 1. The minimum Gasteiger partial charge on any atom is -0.497 e. The molecule has 1 saturated heterocycles. The number of hydrogen-bond acceptors (Lipinski definition) is 3. The van der Waals surface area contributed by atoms with E-state index < -0.39 is 0 Å². The summed E-state index contributed by atoms with van der Waals surface area (Å²) in [4.78, 5) is 14.3. The van der Waals surface area contributed by atoms with Crippen molar-refractivity contribution in [2.75, 3.05) is 25.5 Å². The molecule has 1 atom stereocenters. The Morgan fingerprint density at radius 2 is 2.32 bits per heavy atom. The number of methoxy groups -OCH3 is 1. The third-order valence-corrected chi connectivity index (χ3v) is 3.64. The van der Waals surface area contributed by atoms with Crippen molar-refractivity contribution >= 4 is 11.6 Å². The Morgan fingerprint density at radius 3 is 3.05 bits per heavy atom. The van der Waals surface area contributed by atoms with Crippen LogP contribution in [0.15, 0.2) is 24.3 Å². The Labute approximate surface area is 114 Å². The topological polar surface area (TPSA) is 41.6 Å². The molecule has 0 unspecified atom stereocenters. The van der Waals surface area contributed by atoms with E-state index in [4.69, 9.17) is 4.74 Å². The predicted octanol–water partition coefficient (Wildman–Crippen LogP) is 2.51. The van der Waals surface area contributed by atoms with Gasteiger partial charge in [-0.05, 0) is 38.4 Å². The molecule has 1 amide bonds. The molecule has 0 bridgehead atoms. The minimum atomic E-state index is 0.0435. The van der Waals surface area contributed by atoms with Crippen LogP contribution in [0.25, 0.3) is 0 Å². The van der Waals surface area contributed by atoms with Gasteiger partial charge in [0, 0.05) is 17.8 Å². The fourth-order valence-corrected chi connectivity index (χ4v) is 2.48. The van der Waals surface area contributed by atoms with Crippen LogP contribution in [0.5, 0.6) is 5.75 Å². The minimum absolute atomic E-state index is 0.0435. The number of likely N-dealkylation sites (tertiary alicyclic amines) is 1. The maximum atomic E-state index is 12.0. The quantitative estimate of drug-likeness (QED) is 0.906. The Bertz CT molecular complexity index is 434. The summed E-state index contributed by atoms with van der Waals surface area (Å²) in [6.45, 7) is 3.68. The van der Waals surface area contributed by atoms with E-state index in [0.717, 1.165) is 18.0 Å². The molecule has 1 aromatic carbocycles. The van der Waals surface area contributed by atoms with E-state index in [9.17, 15) is 4.79 Å². The molecule has 104 valence electrons. The summed E-state index contributed by atoms with van der Waals surface area (Å²) < 4.78 is 5.14. The first-order valence-electron chi connectivity index (χ1n) is 6.87. The molecule has 0 aromatic heterocycles. The molecule has 19 heavy (non-hydrogen) atoms. The summed E-state index contributed by atoms with van der Waals surface area (Å²) in [5.74, 6) is 0.797. The molecule has 0 spiro atoms. The summed E-state index contributed by atoms with van der Waals surface area (Å²) in [7, 11) is 1.62. The highest BCUT2D eigenvalue weighted by atomic mass is 16.5. The lowest BCUT2D eigenvalue weighted by Gasteiger charge is -2.32. The highest BCUT2D eigenvalue weighted by Crippen LogP contribution is 2.18. The summed E-state index contributed by atoms with van der Waals surface area (Å²) in [6.07, 6.45) is 3.65. The first-order valence-corrected chi connectivity index (χ1v) is 6.87. The Balaban J connectivity index is 1.89. The summed E-state index contributed by atoms with van der Waals surface area (Å²) in [5, 5.41) is 2.92. The molecule has 4 nitrogen and oxygen atoms in total. The summed E-state index contributed by atoms with van der Waals surface area (Å²) in [5.41, 5.74) is 0.786. The second-order valence-electron chi connectivity index (χ2n) is 5.10. The normalized spacial score (nSPS) is 20.0. The van der Waals surface area contributed by atoms with Gasteiger partial charge in [-0.15, -0.1) is 0 Å². The van der Waals surface area contributed by atoms with Gasteiger partial charge in [0.05, 0.1) is 13.7 Å². The number of benzene rings is 1. The molecule has 4 heteroatoms. The fourth-order valence-electron chi connectivity index (χ4n) is 2.48. The molecule has 1 fully saturated rings. The number of nitrogens with one attached hydrogen (secondary N) is 1. The molecule has 1 N–H and O–H groups in total. The molecule has 1 aliphatic heterocycles. The molecule has 1 aliphatic rings. The maximum absolute atomic E-state index is 12.0. The number of amides is 1. The van der Waals surface area contributed by atoms with E-state index in [1.807, 2.05) is 24.3 Å². The zero-order chi connectivity index (χ0) is 13.7. The van der Waals surface area contributed by atoms with Crippen LogP contribution in [0.4, 0.5) is 5.69 Å². The lowest BCUT2D eigenvalue weighted by atomic mass is 10.0. The molecular weight excluding hydrogens is 240 g/mol. The summed E-state index contributed by atoms with van der Waals surface area (Å²) in [6, 6.07) is 7.95. The molecule has 0 saturated carbocycles. The van der Waals surface area contributed by atoms with Gasteiger partial charge in [0.2, 0.25) is 5.91 Å². The molecule has 0 aliphatic carbocycles. The van der Waals surface area contributed by atoms with Crippen LogP contribution in [0, 0.1) is 0 Å². The first-order chi connectivity index (χ1) is 9.19. The monoisotopic (exact) mass is 262 g/mol. The van der Waals surface area contributed by atoms with Crippen LogP contribution in [0.1, 0.15) is 26.2 Å². The number of rotatable bonds is 4. The van der Waals surface area contributed by atoms with Gasteiger partial charge in [0.15, 0.2) is 0 Å². The number of anilines is 1. The van der Waals surface area contributed by atoms with Crippen LogP contribution in [0.2, 0.25) is 0 Å². The van der Waals surface area contributed by atoms with Gasteiger partial charge in [-0.1, -0.05) is 12.5 Å². The molecule has 1 heterocycles. The lowest BCUT2D eigenvalue weighted by Crippen LogP contribution is -2.42. The number of carbonyl (C=O) groups excluding carboxylic acids is 1. The predicted molar refractivity (Wildman–Crippen MR) is 76.5 cm³/mol. The second-order valence-corrected chi connectivity index (χ2v) is 5.10. The van der Waals surface area contributed by atoms with Crippen LogP contribution in [-0.4, -0.2) is 37.0 Å². The number of nitrogens with zero attached hydrogens (tertiary/aromatic N) is 1. The van der Waals surface area contributed by atoms with E-state index in [1.54, 1.807) is 7.11 Å². The SMILES string of the molecule is COc1cccc(NC(=O)CN2CCCC[C@H]2C)c1. The van der Waals surface area contributed by atoms with Crippen molar-refractivity contribution in [2.24, 2.45) is 0 Å². The van der Waals surface area contributed by atoms with Crippen molar-refractivity contribution in [2.45, 2.75) is 32.2 Å². The third-order valence-electron chi connectivity index (χ3n) is 3.64. The summed E-state index contributed by atoms with van der Waals surface area (Å²) >= 11 is 0. The van der Waals surface area contributed by atoms with Crippen LogP contribution < -0.4 is 10.1 Å². The van der Waals surface area contributed by atoms with Crippen LogP contribution in [-0.2, 0) is 4.79 Å². The standard InChI is InChI=1S/C15H22N2O2/c1-12-6-3-4-9-17(12)11-15(18)16-13-7-5-8-14(10-13)19-2/h5,7-8,10,12H,3-4,6,9,11H2,1-2H3,(H,16,18)/t12-/m1/s1. The van der Waals surface area contributed by atoms with Crippen LogP contribution >= 0.6 is 0 Å². The Hall–Kier alpha value is -1.55. The van der Waals surface area contributed by atoms with Crippen molar-refractivity contribution in [3.63, 3.8) is 0 Å². The van der Waals surface area contributed by atoms with E-state index in [0.29, 0.717) is 12.6 Å². The Morgan fingerprint density at radius 1 is 1.47 bits per heavy atom. The molecule has 0 radical (unpaired) electrons. The number of piperidine rings is 1. The third kappa shape index (κ3) is 3.96. The highest BCUT2D eigenvalue weighted by molar-refractivity contribution is 5.92. The van der Waals surface area contributed by atoms with Gasteiger partial charge >= 0.3 is 0 Å². The lowest BCUT2D eigenvalue weighted by molar-refractivity contribution is -0.118. The van der Waals surface area contributed by atoms with Crippen molar-refractivity contribution in [1.82, 2.24) is 4.90 Å². The maximum Gasteiger partial charge on any atom is 0.238 e. The van der Waals surface area contributed by atoms with Gasteiger partial charge in [-0.3, -0.25) is 9.69 Å². The Kier molecular flexibility index (Phi) is 4.80. The van der Waals surface area contributed by atoms with Crippen molar-refractivity contribution in [3.8, 4) is 5.75 Å². The van der Waals surface area contributed by atoms with E-state index >= 15 is 0 Å².